The number of halogens is 3. The van der Waals surface area contributed by atoms with Gasteiger partial charge in [-0.3, -0.25) is 0 Å². The maximum Gasteiger partial charge on any atom is 0.393 e. The number of aliphatic hydroxyl groups is 1. The molecule has 1 fully saturated rings. The van der Waals surface area contributed by atoms with Crippen LogP contribution in [0.2, 0.25) is 0 Å². The van der Waals surface area contributed by atoms with Crippen LogP contribution >= 0.6 is 0 Å². The predicted molar refractivity (Wildman–Crippen MR) is 69.9 cm³/mol. The topological polar surface area (TPSA) is 32.3 Å². The number of aliphatic hydroxyl groups excluding tert-OH is 1. The first-order valence-electron chi connectivity index (χ1n) is 7.10. The van der Waals surface area contributed by atoms with Crippen LogP contribution in [0.1, 0.15) is 52.9 Å². The van der Waals surface area contributed by atoms with Crippen molar-refractivity contribution < 1.29 is 18.3 Å². The van der Waals surface area contributed by atoms with E-state index in [0.29, 0.717) is 19.3 Å². The Kier molecular flexibility index (Phi) is 5.68. The van der Waals surface area contributed by atoms with Gasteiger partial charge in [0.05, 0.1) is 5.92 Å². The Labute approximate surface area is 113 Å². The van der Waals surface area contributed by atoms with Crippen molar-refractivity contribution in [3.8, 4) is 0 Å². The molecule has 1 saturated carbocycles. The lowest BCUT2D eigenvalue weighted by Gasteiger charge is -2.40. The van der Waals surface area contributed by atoms with Gasteiger partial charge < -0.3 is 10.4 Å². The summed E-state index contributed by atoms with van der Waals surface area (Å²) in [5.74, 6) is -1.25. The van der Waals surface area contributed by atoms with Crippen molar-refractivity contribution in [2.24, 2.45) is 11.3 Å². The van der Waals surface area contributed by atoms with E-state index >= 15 is 0 Å². The van der Waals surface area contributed by atoms with E-state index in [1.54, 1.807) is 0 Å². The first kappa shape index (κ1) is 16.8. The second kappa shape index (κ2) is 6.44. The molecule has 1 rings (SSSR count). The van der Waals surface area contributed by atoms with Gasteiger partial charge in [0.15, 0.2) is 0 Å². The highest BCUT2D eigenvalue weighted by atomic mass is 19.4. The zero-order valence-corrected chi connectivity index (χ0v) is 12.1. The van der Waals surface area contributed by atoms with Crippen molar-refractivity contribution in [1.29, 1.82) is 0 Å². The van der Waals surface area contributed by atoms with E-state index in [1.807, 2.05) is 20.8 Å². The highest BCUT2D eigenvalue weighted by Gasteiger charge is 2.46. The van der Waals surface area contributed by atoms with Gasteiger partial charge in [-0.25, -0.2) is 0 Å². The van der Waals surface area contributed by atoms with E-state index in [2.05, 4.69) is 5.32 Å². The molecule has 1 aliphatic rings. The average Bonchev–Trinajstić information content (AvgIpc) is 2.26. The zero-order valence-electron chi connectivity index (χ0n) is 12.1. The quantitative estimate of drug-likeness (QED) is 0.826. The molecule has 0 aliphatic heterocycles. The Hall–Kier alpha value is -0.290. The lowest BCUT2D eigenvalue weighted by atomic mass is 9.80. The summed E-state index contributed by atoms with van der Waals surface area (Å²) in [6.45, 7) is 5.97. The van der Waals surface area contributed by atoms with Crippen LogP contribution < -0.4 is 5.32 Å². The summed E-state index contributed by atoms with van der Waals surface area (Å²) in [5, 5.41) is 12.3. The number of nitrogens with one attached hydrogen (secondary N) is 1. The molecule has 19 heavy (non-hydrogen) atoms. The van der Waals surface area contributed by atoms with Crippen molar-refractivity contribution in [2.75, 3.05) is 6.61 Å². The van der Waals surface area contributed by atoms with E-state index in [0.717, 1.165) is 6.42 Å². The molecular weight excluding hydrogens is 255 g/mol. The van der Waals surface area contributed by atoms with E-state index in [1.165, 1.54) is 0 Å². The molecule has 0 aromatic rings. The molecule has 3 unspecified atom stereocenters. The van der Waals surface area contributed by atoms with Gasteiger partial charge in [0.2, 0.25) is 0 Å². The van der Waals surface area contributed by atoms with Gasteiger partial charge in [-0.1, -0.05) is 33.6 Å². The highest BCUT2D eigenvalue weighted by molar-refractivity contribution is 4.90. The maximum absolute atomic E-state index is 13.0. The third kappa shape index (κ3) is 4.95. The van der Waals surface area contributed by atoms with Crippen molar-refractivity contribution in [1.82, 2.24) is 5.32 Å². The van der Waals surface area contributed by atoms with E-state index in [-0.39, 0.29) is 24.5 Å². The third-order valence-corrected chi connectivity index (χ3v) is 4.06. The molecule has 0 bridgehead atoms. The Bertz CT molecular complexity index is 273. The fourth-order valence-electron chi connectivity index (χ4n) is 2.88. The second-order valence-electron chi connectivity index (χ2n) is 6.64. The van der Waals surface area contributed by atoms with Crippen LogP contribution in [0, 0.1) is 11.3 Å². The summed E-state index contributed by atoms with van der Waals surface area (Å²) < 4.78 is 39.1. The summed E-state index contributed by atoms with van der Waals surface area (Å²) in [6.07, 6.45) is -1.34. The molecule has 114 valence electrons. The van der Waals surface area contributed by atoms with Crippen LogP contribution in [0.3, 0.4) is 0 Å². The molecule has 0 radical (unpaired) electrons. The van der Waals surface area contributed by atoms with Gasteiger partial charge in [-0.2, -0.15) is 13.2 Å². The van der Waals surface area contributed by atoms with Crippen LogP contribution in [0.15, 0.2) is 0 Å². The Balaban J connectivity index is 2.75. The van der Waals surface area contributed by atoms with Crippen LogP contribution in [-0.2, 0) is 0 Å². The smallest absolute Gasteiger partial charge is 0.393 e. The predicted octanol–water partition coefficient (Wildman–Crippen LogP) is 3.49. The van der Waals surface area contributed by atoms with Gasteiger partial charge in [0.1, 0.15) is 0 Å². The zero-order chi connectivity index (χ0) is 14.7. The van der Waals surface area contributed by atoms with E-state index in [4.69, 9.17) is 5.11 Å². The lowest BCUT2D eigenvalue weighted by Crippen LogP contribution is -2.53. The Morgan fingerprint density at radius 2 is 1.74 bits per heavy atom. The standard InChI is InChI=1S/C14H26F3NO/c1-13(2,3)12(8-9-19)18-11-7-5-4-6-10(11)14(15,16)17/h10-12,18-19H,4-9H2,1-3H3. The molecule has 0 saturated heterocycles. The summed E-state index contributed by atoms with van der Waals surface area (Å²) in [4.78, 5) is 0. The molecule has 3 atom stereocenters. The molecule has 0 aromatic carbocycles. The minimum atomic E-state index is -4.13. The average molecular weight is 281 g/mol. The first-order chi connectivity index (χ1) is 8.66. The number of rotatable bonds is 4. The molecule has 2 nitrogen and oxygen atoms in total. The molecule has 0 heterocycles. The minimum Gasteiger partial charge on any atom is -0.396 e. The lowest BCUT2D eigenvalue weighted by molar-refractivity contribution is -0.190. The SMILES string of the molecule is CC(C)(C)C(CCO)NC1CCCCC1C(F)(F)F. The molecular formula is C14H26F3NO. The van der Waals surface area contributed by atoms with Gasteiger partial charge in [0, 0.05) is 18.7 Å². The fourth-order valence-corrected chi connectivity index (χ4v) is 2.88. The van der Waals surface area contributed by atoms with Gasteiger partial charge in [0.25, 0.3) is 0 Å². The molecule has 5 heteroatoms. The van der Waals surface area contributed by atoms with Crippen LogP contribution in [-0.4, -0.2) is 30.0 Å². The van der Waals surface area contributed by atoms with Crippen LogP contribution in [0.5, 0.6) is 0 Å². The Morgan fingerprint density at radius 1 is 1.16 bits per heavy atom. The second-order valence-corrected chi connectivity index (χ2v) is 6.64. The minimum absolute atomic E-state index is 0.00165. The molecule has 0 spiro atoms. The van der Waals surface area contributed by atoms with Gasteiger partial charge in [-0.15, -0.1) is 0 Å². The van der Waals surface area contributed by atoms with Crippen LogP contribution in [0.4, 0.5) is 13.2 Å². The maximum atomic E-state index is 13.0. The van der Waals surface area contributed by atoms with E-state index < -0.39 is 18.1 Å². The Morgan fingerprint density at radius 3 is 2.21 bits per heavy atom. The normalized spacial score (nSPS) is 27.3. The summed E-state index contributed by atoms with van der Waals surface area (Å²) in [7, 11) is 0. The van der Waals surface area contributed by atoms with Crippen molar-refractivity contribution in [3.63, 3.8) is 0 Å². The summed E-state index contributed by atoms with van der Waals surface area (Å²) >= 11 is 0. The molecule has 0 amide bonds. The molecule has 1 aliphatic carbocycles. The fraction of sp³-hybridized carbons (Fsp3) is 1.00. The molecule has 0 aromatic heterocycles. The largest absolute Gasteiger partial charge is 0.396 e. The first-order valence-corrected chi connectivity index (χ1v) is 7.10. The van der Waals surface area contributed by atoms with Crippen LogP contribution in [0.25, 0.3) is 0 Å². The monoisotopic (exact) mass is 281 g/mol. The van der Waals surface area contributed by atoms with Crippen molar-refractivity contribution in [3.05, 3.63) is 0 Å². The summed E-state index contributed by atoms with van der Waals surface area (Å²) in [6, 6.07) is -0.602. The van der Waals surface area contributed by atoms with Crippen molar-refractivity contribution in [2.45, 2.75) is 71.1 Å². The molecule has 2 N–H and O–H groups in total. The van der Waals surface area contributed by atoms with Gasteiger partial charge >= 0.3 is 6.18 Å². The highest BCUT2D eigenvalue weighted by Crippen LogP contribution is 2.38. The number of hydrogen-bond donors (Lipinski definition) is 2. The summed E-state index contributed by atoms with van der Waals surface area (Å²) in [5.41, 5.74) is -0.156. The van der Waals surface area contributed by atoms with E-state index in [9.17, 15) is 13.2 Å². The third-order valence-electron chi connectivity index (χ3n) is 4.06. The number of hydrogen-bond acceptors (Lipinski definition) is 2. The van der Waals surface area contributed by atoms with Gasteiger partial charge in [-0.05, 0) is 24.7 Å². The van der Waals surface area contributed by atoms with Crippen molar-refractivity contribution >= 4 is 0 Å². The number of alkyl halides is 3.